The molecule has 0 aliphatic heterocycles. The van der Waals surface area contributed by atoms with Gasteiger partial charge in [0.2, 0.25) is 5.89 Å². The molecule has 0 saturated heterocycles. The van der Waals surface area contributed by atoms with E-state index in [0.29, 0.717) is 27.5 Å². The first kappa shape index (κ1) is 12.3. The van der Waals surface area contributed by atoms with Gasteiger partial charge in [-0.25, -0.2) is 4.39 Å². The number of aromatic nitrogens is 2. The van der Waals surface area contributed by atoms with Gasteiger partial charge >= 0.3 is 0 Å². The summed E-state index contributed by atoms with van der Waals surface area (Å²) in [6.45, 7) is 0.189. The van der Waals surface area contributed by atoms with Crippen molar-refractivity contribution >= 4 is 23.4 Å². The number of nitrogens with two attached hydrogens (primary N) is 1. The fraction of sp³-hybridized carbons (Fsp3) is 0.200. The van der Waals surface area contributed by atoms with Gasteiger partial charge < -0.3 is 10.2 Å². The molecule has 2 N–H and O–H groups in total. The molecule has 4 nitrogen and oxygen atoms in total. The van der Waals surface area contributed by atoms with Gasteiger partial charge in [0.25, 0.3) is 5.22 Å². The minimum Gasteiger partial charge on any atom is -0.415 e. The van der Waals surface area contributed by atoms with Crippen LogP contribution in [0.15, 0.2) is 27.8 Å². The van der Waals surface area contributed by atoms with Crippen molar-refractivity contribution in [2.24, 2.45) is 5.73 Å². The second-order valence-electron chi connectivity index (χ2n) is 3.15. The van der Waals surface area contributed by atoms with Crippen molar-refractivity contribution in [1.29, 1.82) is 0 Å². The van der Waals surface area contributed by atoms with E-state index in [9.17, 15) is 4.39 Å². The maximum atomic E-state index is 13.4. The SMILES string of the molecule is NCc1nnc(SCc2c(F)cccc2Cl)o1. The summed E-state index contributed by atoms with van der Waals surface area (Å²) in [7, 11) is 0. The van der Waals surface area contributed by atoms with Gasteiger partial charge in [-0.1, -0.05) is 29.4 Å². The number of nitrogens with zero attached hydrogens (tertiary/aromatic N) is 2. The molecule has 7 heteroatoms. The average molecular weight is 274 g/mol. The van der Waals surface area contributed by atoms with Gasteiger partial charge in [-0.05, 0) is 12.1 Å². The van der Waals surface area contributed by atoms with Crippen LogP contribution in [0.5, 0.6) is 0 Å². The molecular formula is C10H9ClFN3OS. The van der Waals surface area contributed by atoms with E-state index in [1.807, 2.05) is 0 Å². The number of hydrogen-bond donors (Lipinski definition) is 1. The molecule has 0 aliphatic carbocycles. The van der Waals surface area contributed by atoms with Gasteiger partial charge in [0.05, 0.1) is 6.54 Å². The highest BCUT2D eigenvalue weighted by molar-refractivity contribution is 7.98. The molecule has 1 aromatic carbocycles. The summed E-state index contributed by atoms with van der Waals surface area (Å²) in [5, 5.41) is 8.20. The molecule has 0 spiro atoms. The van der Waals surface area contributed by atoms with Crippen LogP contribution in [0.2, 0.25) is 5.02 Å². The highest BCUT2D eigenvalue weighted by atomic mass is 35.5. The summed E-state index contributed by atoms with van der Waals surface area (Å²) in [6.07, 6.45) is 0. The molecule has 2 aromatic rings. The number of thioether (sulfide) groups is 1. The molecule has 2 rings (SSSR count). The predicted molar refractivity (Wildman–Crippen MR) is 63.2 cm³/mol. The molecule has 0 saturated carbocycles. The molecule has 0 radical (unpaired) electrons. The second-order valence-corrected chi connectivity index (χ2v) is 4.49. The van der Waals surface area contributed by atoms with Crippen molar-refractivity contribution in [3.8, 4) is 0 Å². The molecule has 1 heterocycles. The molecule has 0 amide bonds. The minimum absolute atomic E-state index is 0.189. The summed E-state index contributed by atoms with van der Waals surface area (Å²) >= 11 is 7.11. The van der Waals surface area contributed by atoms with E-state index < -0.39 is 0 Å². The maximum Gasteiger partial charge on any atom is 0.276 e. The van der Waals surface area contributed by atoms with Gasteiger partial charge in [0, 0.05) is 16.3 Å². The Morgan fingerprint density at radius 3 is 2.88 bits per heavy atom. The molecule has 0 unspecified atom stereocenters. The van der Waals surface area contributed by atoms with Crippen LogP contribution in [0.4, 0.5) is 4.39 Å². The van der Waals surface area contributed by atoms with Gasteiger partial charge in [-0.3, -0.25) is 0 Å². The summed E-state index contributed by atoms with van der Waals surface area (Å²) in [6, 6.07) is 4.56. The van der Waals surface area contributed by atoms with Crippen molar-refractivity contribution in [2.75, 3.05) is 0 Å². The Labute approximate surface area is 106 Å². The van der Waals surface area contributed by atoms with Crippen LogP contribution < -0.4 is 5.73 Å². The van der Waals surface area contributed by atoms with Crippen LogP contribution >= 0.6 is 23.4 Å². The fourth-order valence-corrected chi connectivity index (χ4v) is 2.31. The van der Waals surface area contributed by atoms with E-state index in [1.165, 1.54) is 17.8 Å². The van der Waals surface area contributed by atoms with Crippen molar-refractivity contribution in [3.05, 3.63) is 40.5 Å². The fourth-order valence-electron chi connectivity index (χ4n) is 1.18. The van der Waals surface area contributed by atoms with E-state index in [4.69, 9.17) is 21.8 Å². The summed E-state index contributed by atoms with van der Waals surface area (Å²) in [5.41, 5.74) is 5.75. The zero-order valence-corrected chi connectivity index (χ0v) is 10.3. The first-order chi connectivity index (χ1) is 8.20. The third-order valence-electron chi connectivity index (χ3n) is 2.02. The zero-order valence-electron chi connectivity index (χ0n) is 8.69. The Kier molecular flexibility index (Phi) is 3.98. The van der Waals surface area contributed by atoms with Gasteiger partial charge in [-0.2, -0.15) is 0 Å². The standard InChI is InChI=1S/C10H9ClFN3OS/c11-7-2-1-3-8(12)6(7)5-17-10-15-14-9(4-13)16-10/h1-3H,4-5,13H2. The third-order valence-corrected chi connectivity index (χ3v) is 3.22. The van der Waals surface area contributed by atoms with Crippen LogP contribution in [0.3, 0.4) is 0 Å². The van der Waals surface area contributed by atoms with Crippen LogP contribution in [-0.4, -0.2) is 10.2 Å². The smallest absolute Gasteiger partial charge is 0.276 e. The maximum absolute atomic E-state index is 13.4. The third kappa shape index (κ3) is 2.96. The molecule has 0 fully saturated rings. The highest BCUT2D eigenvalue weighted by Crippen LogP contribution is 2.27. The molecule has 0 atom stereocenters. The van der Waals surface area contributed by atoms with E-state index in [0.717, 1.165) is 0 Å². The quantitative estimate of drug-likeness (QED) is 0.868. The van der Waals surface area contributed by atoms with Crippen LogP contribution in [-0.2, 0) is 12.3 Å². The molecule has 90 valence electrons. The number of hydrogen-bond acceptors (Lipinski definition) is 5. The number of benzene rings is 1. The highest BCUT2D eigenvalue weighted by Gasteiger charge is 2.10. The lowest BCUT2D eigenvalue weighted by molar-refractivity contribution is 0.414. The first-order valence-corrected chi connectivity index (χ1v) is 6.15. The lowest BCUT2D eigenvalue weighted by Crippen LogP contribution is -1.95. The topological polar surface area (TPSA) is 64.9 Å². The predicted octanol–water partition coefficient (Wildman–Crippen LogP) is 2.61. The zero-order chi connectivity index (χ0) is 12.3. The average Bonchev–Trinajstić information content (AvgIpc) is 2.76. The van der Waals surface area contributed by atoms with Crippen LogP contribution in [0, 0.1) is 5.82 Å². The Morgan fingerprint density at radius 1 is 1.41 bits per heavy atom. The monoisotopic (exact) mass is 273 g/mol. The minimum atomic E-state index is -0.344. The van der Waals surface area contributed by atoms with Gasteiger partial charge in [0.1, 0.15) is 5.82 Å². The first-order valence-electron chi connectivity index (χ1n) is 4.79. The van der Waals surface area contributed by atoms with Crippen LogP contribution in [0.25, 0.3) is 0 Å². The Hall–Kier alpha value is -1.11. The van der Waals surface area contributed by atoms with Crippen molar-refractivity contribution in [3.63, 3.8) is 0 Å². The molecule has 1 aromatic heterocycles. The normalized spacial score (nSPS) is 10.8. The molecule has 17 heavy (non-hydrogen) atoms. The Balaban J connectivity index is 2.07. The van der Waals surface area contributed by atoms with Crippen LogP contribution in [0.1, 0.15) is 11.5 Å². The second kappa shape index (κ2) is 5.48. The molecular weight excluding hydrogens is 265 g/mol. The van der Waals surface area contributed by atoms with E-state index in [1.54, 1.807) is 12.1 Å². The van der Waals surface area contributed by atoms with E-state index in [-0.39, 0.29) is 12.4 Å². The van der Waals surface area contributed by atoms with Gasteiger partial charge in [-0.15, -0.1) is 10.2 Å². The molecule has 0 aliphatic rings. The van der Waals surface area contributed by atoms with E-state index >= 15 is 0 Å². The summed E-state index contributed by atoms with van der Waals surface area (Å²) in [4.78, 5) is 0. The lowest BCUT2D eigenvalue weighted by atomic mass is 10.2. The van der Waals surface area contributed by atoms with E-state index in [2.05, 4.69) is 10.2 Å². The van der Waals surface area contributed by atoms with Crippen molar-refractivity contribution < 1.29 is 8.81 Å². The molecule has 0 bridgehead atoms. The summed E-state index contributed by atoms with van der Waals surface area (Å²) < 4.78 is 18.6. The Morgan fingerprint density at radius 2 is 2.24 bits per heavy atom. The lowest BCUT2D eigenvalue weighted by Gasteiger charge is -2.02. The van der Waals surface area contributed by atoms with Crippen molar-refractivity contribution in [1.82, 2.24) is 10.2 Å². The number of halogens is 2. The number of rotatable bonds is 4. The van der Waals surface area contributed by atoms with Crippen molar-refractivity contribution in [2.45, 2.75) is 17.5 Å². The summed E-state index contributed by atoms with van der Waals surface area (Å²) in [5.74, 6) is 0.341. The Bertz CT molecular complexity index is 500. The van der Waals surface area contributed by atoms with Gasteiger partial charge in [0.15, 0.2) is 0 Å². The largest absolute Gasteiger partial charge is 0.415 e.